The van der Waals surface area contributed by atoms with E-state index in [2.05, 4.69) is 26.6 Å². The minimum absolute atomic E-state index is 0.179. The Morgan fingerprint density at radius 1 is 1.08 bits per heavy atom. The zero-order valence-corrected chi connectivity index (χ0v) is 22.1. The minimum Gasteiger partial charge on any atom is -0.493 e. The Bertz CT molecular complexity index is 1570. The Kier molecular flexibility index (Phi) is 6.86. The van der Waals surface area contributed by atoms with Gasteiger partial charge in [0.05, 0.1) is 44.4 Å². The van der Waals surface area contributed by atoms with Crippen LogP contribution in [0.1, 0.15) is 61.1 Å². The van der Waals surface area contributed by atoms with Gasteiger partial charge in [-0.1, -0.05) is 25.0 Å². The number of fused-ring (bicyclic) bond motifs is 1. The standard InChI is InChI=1S/C29H31FN6O3/c1-38-25-16-20-15-23(29(37)31-24(20)17-26(25)39-2)27(28-32-33-34-36(28)22-5-3-4-6-22)35-13-11-19(12-14-35)18-7-9-21(30)10-8-18/h7-11,15-17,22,27H,3-6,12-14H2,1-2H3,(H,31,37)/p+1. The predicted octanol–water partition coefficient (Wildman–Crippen LogP) is 3.25. The van der Waals surface area contributed by atoms with Crippen molar-refractivity contribution in [2.75, 3.05) is 27.3 Å². The second-order valence-electron chi connectivity index (χ2n) is 10.3. The van der Waals surface area contributed by atoms with Crippen LogP contribution >= 0.6 is 0 Å². The quantitative estimate of drug-likeness (QED) is 0.380. The van der Waals surface area contributed by atoms with Crippen LogP contribution in [0.15, 0.2) is 53.3 Å². The van der Waals surface area contributed by atoms with Crippen molar-refractivity contribution >= 4 is 16.5 Å². The Morgan fingerprint density at radius 3 is 2.51 bits per heavy atom. The number of H-pyrrole nitrogens is 1. The molecule has 1 fully saturated rings. The zero-order valence-electron chi connectivity index (χ0n) is 22.1. The van der Waals surface area contributed by atoms with Crippen LogP contribution in [0.25, 0.3) is 16.5 Å². The van der Waals surface area contributed by atoms with E-state index < -0.39 is 0 Å². The van der Waals surface area contributed by atoms with E-state index in [1.54, 1.807) is 20.3 Å². The van der Waals surface area contributed by atoms with Crippen LogP contribution in [0.4, 0.5) is 4.39 Å². The number of ether oxygens (including phenoxy) is 2. The fourth-order valence-electron chi connectivity index (χ4n) is 6.05. The van der Waals surface area contributed by atoms with E-state index in [4.69, 9.17) is 9.47 Å². The van der Waals surface area contributed by atoms with E-state index >= 15 is 0 Å². The first-order chi connectivity index (χ1) is 19.1. The molecule has 0 saturated heterocycles. The van der Waals surface area contributed by atoms with Crippen LogP contribution in [-0.4, -0.2) is 52.5 Å². The average Bonchev–Trinajstić information content (AvgIpc) is 3.66. The van der Waals surface area contributed by atoms with Gasteiger partial charge in [0, 0.05) is 17.9 Å². The molecule has 202 valence electrons. The summed E-state index contributed by atoms with van der Waals surface area (Å²) in [6.45, 7) is 1.45. The number of nitrogens with one attached hydrogen (secondary N) is 2. The molecule has 2 aliphatic rings. The van der Waals surface area contributed by atoms with E-state index in [-0.39, 0.29) is 23.5 Å². The summed E-state index contributed by atoms with van der Waals surface area (Å²) in [7, 11) is 3.17. The van der Waals surface area contributed by atoms with Gasteiger partial charge in [-0.15, -0.1) is 5.10 Å². The minimum atomic E-state index is -0.368. The van der Waals surface area contributed by atoms with E-state index in [1.165, 1.54) is 22.6 Å². The van der Waals surface area contributed by atoms with Crippen LogP contribution in [0.5, 0.6) is 11.5 Å². The summed E-state index contributed by atoms with van der Waals surface area (Å²) < 4.78 is 26.4. The highest BCUT2D eigenvalue weighted by Crippen LogP contribution is 2.33. The van der Waals surface area contributed by atoms with Crippen molar-refractivity contribution in [2.45, 2.75) is 44.2 Å². The van der Waals surface area contributed by atoms with Gasteiger partial charge in [0.1, 0.15) is 5.82 Å². The van der Waals surface area contributed by atoms with Crippen molar-refractivity contribution in [2.24, 2.45) is 0 Å². The third-order valence-corrected chi connectivity index (χ3v) is 8.08. The van der Waals surface area contributed by atoms with Gasteiger partial charge in [0.2, 0.25) is 5.82 Å². The highest BCUT2D eigenvalue weighted by atomic mass is 19.1. The number of aromatic amines is 1. The number of tetrazole rings is 1. The summed E-state index contributed by atoms with van der Waals surface area (Å²) in [5.74, 6) is 1.61. The monoisotopic (exact) mass is 531 g/mol. The zero-order chi connectivity index (χ0) is 26.9. The summed E-state index contributed by atoms with van der Waals surface area (Å²) in [4.78, 5) is 17.9. The van der Waals surface area contributed by atoms with Gasteiger partial charge in [0.25, 0.3) is 5.56 Å². The molecule has 2 aromatic carbocycles. The first kappa shape index (κ1) is 25.2. The molecular formula is C29H32FN6O3+. The molecule has 6 rings (SSSR count). The first-order valence-electron chi connectivity index (χ1n) is 13.4. The molecule has 9 nitrogen and oxygen atoms in total. The fraction of sp³-hybridized carbons (Fsp3) is 0.379. The maximum atomic E-state index is 13.6. The van der Waals surface area contributed by atoms with Crippen molar-refractivity contribution in [1.82, 2.24) is 25.2 Å². The Labute approximate surface area is 225 Å². The number of halogens is 1. The number of aromatic nitrogens is 5. The Morgan fingerprint density at radius 2 is 1.82 bits per heavy atom. The molecule has 1 aliphatic heterocycles. The number of pyridine rings is 1. The molecular weight excluding hydrogens is 499 g/mol. The number of methoxy groups -OCH3 is 2. The average molecular weight is 532 g/mol. The Balaban J connectivity index is 1.44. The van der Waals surface area contributed by atoms with Gasteiger partial charge in [-0.05, 0) is 64.7 Å². The fourth-order valence-corrected chi connectivity index (χ4v) is 6.05. The third-order valence-electron chi connectivity index (χ3n) is 8.08. The van der Waals surface area contributed by atoms with Crippen molar-refractivity contribution in [3.05, 3.63) is 81.7 Å². The van der Waals surface area contributed by atoms with Crippen molar-refractivity contribution in [1.29, 1.82) is 0 Å². The van der Waals surface area contributed by atoms with E-state index in [0.717, 1.165) is 49.6 Å². The molecule has 1 aliphatic carbocycles. The number of nitrogens with zero attached hydrogens (tertiary/aromatic N) is 4. The summed E-state index contributed by atoms with van der Waals surface area (Å²) in [5, 5.41) is 13.8. The lowest BCUT2D eigenvalue weighted by Crippen LogP contribution is -3.13. The number of quaternary nitrogens is 1. The summed E-state index contributed by atoms with van der Waals surface area (Å²) >= 11 is 0. The molecule has 2 N–H and O–H groups in total. The van der Waals surface area contributed by atoms with Crippen molar-refractivity contribution in [3.8, 4) is 11.5 Å². The van der Waals surface area contributed by atoms with Crippen LogP contribution < -0.4 is 19.9 Å². The van der Waals surface area contributed by atoms with Crippen molar-refractivity contribution < 1.29 is 18.8 Å². The lowest BCUT2D eigenvalue weighted by molar-refractivity contribution is -0.921. The molecule has 2 unspecified atom stereocenters. The van der Waals surface area contributed by atoms with Crippen molar-refractivity contribution in [3.63, 3.8) is 0 Å². The van der Waals surface area contributed by atoms with Gasteiger partial charge in [-0.3, -0.25) is 4.79 Å². The summed E-state index contributed by atoms with van der Waals surface area (Å²) in [5.41, 5.74) is 3.30. The van der Waals surface area contributed by atoms with Gasteiger partial charge in [-0.25, -0.2) is 9.07 Å². The number of rotatable bonds is 7. The molecule has 2 aromatic heterocycles. The van der Waals surface area contributed by atoms with Gasteiger partial charge in [0.15, 0.2) is 17.5 Å². The molecule has 0 spiro atoms. The van der Waals surface area contributed by atoms with Crippen LogP contribution in [0, 0.1) is 5.82 Å². The molecule has 2 atom stereocenters. The highest BCUT2D eigenvalue weighted by molar-refractivity contribution is 5.83. The maximum absolute atomic E-state index is 13.6. The van der Waals surface area contributed by atoms with Gasteiger partial charge in [-0.2, -0.15) is 0 Å². The lowest BCUT2D eigenvalue weighted by atomic mass is 9.96. The molecule has 0 amide bonds. The lowest BCUT2D eigenvalue weighted by Gasteiger charge is -2.31. The molecule has 4 aromatic rings. The second kappa shape index (κ2) is 10.6. The Hall–Kier alpha value is -4.05. The second-order valence-corrected chi connectivity index (χ2v) is 10.3. The SMILES string of the molecule is COc1cc2cc(C(c3nnnn3C3CCCC3)[NH+]3CC=C(c4ccc(F)cc4)CC3)c(=O)[nH]c2cc1OC. The largest absolute Gasteiger partial charge is 0.493 e. The number of hydrogen-bond acceptors (Lipinski definition) is 6. The third kappa shape index (κ3) is 4.80. The molecule has 10 heteroatoms. The van der Waals surface area contributed by atoms with E-state index in [9.17, 15) is 9.18 Å². The summed E-state index contributed by atoms with van der Waals surface area (Å²) in [6.07, 6.45) is 7.32. The van der Waals surface area contributed by atoms with Crippen LogP contribution in [0.3, 0.4) is 0 Å². The number of hydrogen-bond donors (Lipinski definition) is 2. The molecule has 0 bridgehead atoms. The molecule has 39 heavy (non-hydrogen) atoms. The van der Waals surface area contributed by atoms with E-state index in [1.807, 2.05) is 28.9 Å². The molecule has 0 radical (unpaired) electrons. The van der Waals surface area contributed by atoms with Gasteiger partial charge < -0.3 is 19.4 Å². The van der Waals surface area contributed by atoms with Crippen LogP contribution in [-0.2, 0) is 0 Å². The topological polar surface area (TPSA) is 99.4 Å². The highest BCUT2D eigenvalue weighted by Gasteiger charge is 2.37. The predicted molar refractivity (Wildman–Crippen MR) is 145 cm³/mol. The van der Waals surface area contributed by atoms with E-state index in [0.29, 0.717) is 34.9 Å². The van der Waals surface area contributed by atoms with Crippen LogP contribution in [0.2, 0.25) is 0 Å². The molecule has 3 heterocycles. The summed E-state index contributed by atoms with van der Waals surface area (Å²) in [6, 6.07) is 12.1. The molecule has 1 saturated carbocycles. The number of benzene rings is 2. The maximum Gasteiger partial charge on any atom is 0.258 e. The van der Waals surface area contributed by atoms with Gasteiger partial charge >= 0.3 is 0 Å². The first-order valence-corrected chi connectivity index (χ1v) is 13.4. The smallest absolute Gasteiger partial charge is 0.258 e. The normalized spacial score (nSPS) is 18.7.